The first-order valence-electron chi connectivity index (χ1n) is 11.1. The summed E-state index contributed by atoms with van der Waals surface area (Å²) in [6.07, 6.45) is 0. The summed E-state index contributed by atoms with van der Waals surface area (Å²) in [5.41, 5.74) is 2.43. The predicted octanol–water partition coefficient (Wildman–Crippen LogP) is 5.60. The van der Waals surface area contributed by atoms with Crippen LogP contribution < -0.4 is 5.32 Å². The van der Waals surface area contributed by atoms with E-state index in [1.54, 1.807) is 37.3 Å². The van der Waals surface area contributed by atoms with Crippen molar-refractivity contribution in [2.24, 2.45) is 11.8 Å². The molecule has 1 heterocycles. The molecule has 0 unspecified atom stereocenters. The third-order valence-corrected chi connectivity index (χ3v) is 6.77. The van der Waals surface area contributed by atoms with Crippen molar-refractivity contribution in [1.82, 2.24) is 5.32 Å². The molecule has 0 radical (unpaired) electrons. The van der Waals surface area contributed by atoms with Crippen molar-refractivity contribution in [3.8, 4) is 0 Å². The third-order valence-electron chi connectivity index (χ3n) is 6.77. The Kier molecular flexibility index (Phi) is 6.33. The number of ketones is 2. The lowest BCUT2D eigenvalue weighted by atomic mass is 9.63. The van der Waals surface area contributed by atoms with Gasteiger partial charge < -0.3 is 5.32 Å². The number of carbonyl (C=O) groups is 2. The van der Waals surface area contributed by atoms with Crippen molar-refractivity contribution >= 4 is 11.6 Å². The van der Waals surface area contributed by atoms with Gasteiger partial charge in [0.15, 0.2) is 11.6 Å². The first kappa shape index (κ1) is 22.1. The van der Waals surface area contributed by atoms with Crippen LogP contribution in [-0.4, -0.2) is 23.7 Å². The van der Waals surface area contributed by atoms with Crippen molar-refractivity contribution in [1.29, 1.82) is 0 Å². The number of piperidine rings is 1. The molecule has 3 aromatic carbocycles. The Hall–Kier alpha value is -3.11. The van der Waals surface area contributed by atoms with Crippen LogP contribution in [0.5, 0.6) is 0 Å². The van der Waals surface area contributed by atoms with Gasteiger partial charge in [-0.05, 0) is 38.0 Å². The standard InChI is InChI=1S/C28H28FNO2/c1-17-22(15-10-16-23(17)29)26-24(27(31)20-11-6-4-7-12-20)18(2)30-19(3)25(26)28(32)21-13-8-5-9-14-21/h4-16,18-19,24-26,30H,1-3H3/t18-,19-,24-,25-/m1/s1. The van der Waals surface area contributed by atoms with Crippen LogP contribution in [0.1, 0.15) is 51.6 Å². The Morgan fingerprint density at radius 2 is 1.19 bits per heavy atom. The number of benzene rings is 3. The second-order valence-electron chi connectivity index (χ2n) is 8.74. The zero-order chi connectivity index (χ0) is 22.8. The van der Waals surface area contributed by atoms with Gasteiger partial charge in [-0.15, -0.1) is 0 Å². The summed E-state index contributed by atoms with van der Waals surface area (Å²) in [4.78, 5) is 27.5. The molecule has 164 valence electrons. The van der Waals surface area contributed by atoms with Crippen molar-refractivity contribution in [2.45, 2.75) is 38.8 Å². The molecule has 0 aliphatic carbocycles. The number of carbonyl (C=O) groups excluding carboxylic acids is 2. The second kappa shape index (κ2) is 9.17. The van der Waals surface area contributed by atoms with Crippen LogP contribution >= 0.6 is 0 Å². The number of halogens is 1. The molecule has 1 fully saturated rings. The Morgan fingerprint density at radius 3 is 1.66 bits per heavy atom. The average Bonchev–Trinajstić information content (AvgIpc) is 2.81. The zero-order valence-electron chi connectivity index (χ0n) is 18.6. The predicted molar refractivity (Wildman–Crippen MR) is 124 cm³/mol. The highest BCUT2D eigenvalue weighted by Crippen LogP contribution is 2.44. The second-order valence-corrected chi connectivity index (χ2v) is 8.74. The van der Waals surface area contributed by atoms with Gasteiger partial charge in [0, 0.05) is 41.0 Å². The van der Waals surface area contributed by atoms with Crippen molar-refractivity contribution in [2.75, 3.05) is 0 Å². The minimum absolute atomic E-state index is 0.0305. The monoisotopic (exact) mass is 429 g/mol. The van der Waals surface area contributed by atoms with Gasteiger partial charge in [-0.2, -0.15) is 0 Å². The molecule has 3 nitrogen and oxygen atoms in total. The van der Waals surface area contributed by atoms with Crippen LogP contribution in [0.4, 0.5) is 4.39 Å². The first-order valence-corrected chi connectivity index (χ1v) is 11.1. The van der Waals surface area contributed by atoms with E-state index in [1.807, 2.05) is 56.3 Å². The van der Waals surface area contributed by atoms with E-state index in [4.69, 9.17) is 0 Å². The van der Waals surface area contributed by atoms with Crippen LogP contribution in [0, 0.1) is 24.6 Å². The van der Waals surface area contributed by atoms with Crippen LogP contribution in [0.3, 0.4) is 0 Å². The Labute approximate surface area is 188 Å². The van der Waals surface area contributed by atoms with Crippen molar-refractivity contribution < 1.29 is 14.0 Å². The smallest absolute Gasteiger partial charge is 0.168 e. The van der Waals surface area contributed by atoms with Gasteiger partial charge in [0.1, 0.15) is 5.82 Å². The number of hydrogen-bond donors (Lipinski definition) is 1. The topological polar surface area (TPSA) is 46.2 Å². The summed E-state index contributed by atoms with van der Waals surface area (Å²) in [5.74, 6) is -1.84. The highest BCUT2D eigenvalue weighted by Gasteiger charge is 2.49. The normalized spacial score (nSPS) is 25.3. The maximum atomic E-state index is 14.6. The van der Waals surface area contributed by atoms with Gasteiger partial charge in [-0.3, -0.25) is 9.59 Å². The highest BCUT2D eigenvalue weighted by atomic mass is 19.1. The maximum Gasteiger partial charge on any atom is 0.168 e. The first-order chi connectivity index (χ1) is 15.4. The SMILES string of the molecule is Cc1c(F)cccc1C1[C@H](C(=O)c2ccccc2)[C@@H](C)N[C@H](C)[C@H]1C(=O)c1ccccc1. The van der Waals surface area contributed by atoms with Crippen LogP contribution in [-0.2, 0) is 0 Å². The van der Waals surface area contributed by atoms with E-state index in [1.165, 1.54) is 6.07 Å². The molecule has 0 aromatic heterocycles. The van der Waals surface area contributed by atoms with Crippen molar-refractivity contribution in [3.05, 3.63) is 107 Å². The van der Waals surface area contributed by atoms with Gasteiger partial charge in [0.05, 0.1) is 0 Å². The fourth-order valence-corrected chi connectivity index (χ4v) is 5.21. The van der Waals surface area contributed by atoms with E-state index in [-0.39, 0.29) is 29.5 Å². The van der Waals surface area contributed by atoms with Crippen molar-refractivity contribution in [3.63, 3.8) is 0 Å². The van der Waals surface area contributed by atoms with Gasteiger partial charge in [0.25, 0.3) is 0 Å². The summed E-state index contributed by atoms with van der Waals surface area (Å²) in [5, 5.41) is 3.48. The van der Waals surface area contributed by atoms with E-state index in [9.17, 15) is 14.0 Å². The zero-order valence-corrected chi connectivity index (χ0v) is 18.6. The van der Waals surface area contributed by atoms with E-state index in [0.29, 0.717) is 16.7 Å². The molecule has 4 rings (SSSR count). The summed E-state index contributed by atoms with van der Waals surface area (Å²) >= 11 is 0. The molecule has 1 N–H and O–H groups in total. The lowest BCUT2D eigenvalue weighted by molar-refractivity contribution is 0.0648. The van der Waals surface area contributed by atoms with Gasteiger partial charge >= 0.3 is 0 Å². The molecule has 4 atom stereocenters. The quantitative estimate of drug-likeness (QED) is 0.537. The van der Waals surface area contributed by atoms with E-state index in [0.717, 1.165) is 5.56 Å². The van der Waals surface area contributed by atoms with Crippen LogP contribution in [0.15, 0.2) is 78.9 Å². The fraction of sp³-hybridized carbons (Fsp3) is 0.286. The molecule has 3 aromatic rings. The van der Waals surface area contributed by atoms with E-state index >= 15 is 0 Å². The fourth-order valence-electron chi connectivity index (χ4n) is 5.21. The Bertz CT molecular complexity index is 1050. The summed E-state index contributed by atoms with van der Waals surface area (Å²) in [6.45, 7) is 5.69. The minimum Gasteiger partial charge on any atom is -0.310 e. The van der Waals surface area contributed by atoms with E-state index in [2.05, 4.69) is 5.32 Å². The van der Waals surface area contributed by atoms with E-state index < -0.39 is 17.8 Å². The van der Waals surface area contributed by atoms with Gasteiger partial charge in [0.2, 0.25) is 0 Å². The maximum absolute atomic E-state index is 14.6. The van der Waals surface area contributed by atoms with Gasteiger partial charge in [-0.25, -0.2) is 4.39 Å². The highest BCUT2D eigenvalue weighted by molar-refractivity contribution is 6.02. The molecule has 0 spiro atoms. The minimum atomic E-state index is -0.508. The summed E-state index contributed by atoms with van der Waals surface area (Å²) < 4.78 is 14.6. The summed E-state index contributed by atoms with van der Waals surface area (Å²) in [7, 11) is 0. The molecule has 0 amide bonds. The molecular formula is C28H28FNO2. The molecular weight excluding hydrogens is 401 g/mol. The molecule has 32 heavy (non-hydrogen) atoms. The molecule has 1 aliphatic rings. The molecule has 4 heteroatoms. The molecule has 1 aliphatic heterocycles. The largest absolute Gasteiger partial charge is 0.310 e. The number of rotatable bonds is 5. The average molecular weight is 430 g/mol. The lowest BCUT2D eigenvalue weighted by Crippen LogP contribution is -2.58. The summed E-state index contributed by atoms with van der Waals surface area (Å²) in [6, 6.07) is 22.9. The number of nitrogens with one attached hydrogen (secondary N) is 1. The Balaban J connectivity index is 1.88. The number of hydrogen-bond acceptors (Lipinski definition) is 3. The van der Waals surface area contributed by atoms with Gasteiger partial charge in [-0.1, -0.05) is 72.8 Å². The molecule has 0 saturated carbocycles. The number of Topliss-reactive ketones (excluding diaryl/α,β-unsaturated/α-hetero) is 2. The Morgan fingerprint density at radius 1 is 0.719 bits per heavy atom. The molecule has 1 saturated heterocycles. The molecule has 0 bridgehead atoms. The van der Waals surface area contributed by atoms with Crippen LogP contribution in [0.2, 0.25) is 0 Å². The lowest BCUT2D eigenvalue weighted by Gasteiger charge is -2.46. The van der Waals surface area contributed by atoms with Crippen LogP contribution in [0.25, 0.3) is 0 Å². The third kappa shape index (κ3) is 4.03.